The predicted octanol–water partition coefficient (Wildman–Crippen LogP) is 3.62. The van der Waals surface area contributed by atoms with E-state index in [0.29, 0.717) is 13.0 Å². The number of fused-ring (bicyclic) bond motifs is 1. The molecule has 1 aliphatic heterocycles. The number of esters is 1. The van der Waals surface area contributed by atoms with Crippen molar-refractivity contribution in [1.29, 1.82) is 0 Å². The van der Waals surface area contributed by atoms with Crippen LogP contribution in [0, 0.1) is 0 Å². The van der Waals surface area contributed by atoms with E-state index in [2.05, 4.69) is 6.92 Å². The van der Waals surface area contributed by atoms with Crippen molar-refractivity contribution in [1.82, 2.24) is 0 Å². The molecule has 2 aromatic carbocycles. The maximum atomic E-state index is 12.8. The molecule has 5 heteroatoms. The number of methoxy groups -OCH3 is 1. The van der Waals surface area contributed by atoms with E-state index < -0.39 is 12.0 Å². The highest BCUT2D eigenvalue weighted by Gasteiger charge is 2.38. The molecule has 0 aromatic heterocycles. The maximum Gasteiger partial charge on any atom is 0.329 e. The van der Waals surface area contributed by atoms with Gasteiger partial charge in [-0.3, -0.25) is 9.69 Å². The standard InChI is InChI=1S/C22H23NO4/c1-3-14-27-18-11-8-16(9-12-18)10-13-21(24)23-19-7-5-4-6-17(19)15-20(23)22(25)26-2/h4-13,20H,3,14-15H2,1-2H3/b13-10+. The average Bonchev–Trinajstić information content (AvgIpc) is 3.10. The minimum Gasteiger partial charge on any atom is -0.494 e. The molecule has 1 heterocycles. The molecule has 1 aliphatic rings. The number of hydrogen-bond acceptors (Lipinski definition) is 4. The normalized spacial score (nSPS) is 15.6. The molecule has 2 aromatic rings. The van der Waals surface area contributed by atoms with Gasteiger partial charge in [0.2, 0.25) is 0 Å². The largest absolute Gasteiger partial charge is 0.494 e. The molecule has 0 N–H and O–H groups in total. The van der Waals surface area contributed by atoms with Crippen molar-refractivity contribution in [2.24, 2.45) is 0 Å². The zero-order valence-corrected chi connectivity index (χ0v) is 15.6. The van der Waals surface area contributed by atoms with Gasteiger partial charge in [0, 0.05) is 18.2 Å². The van der Waals surface area contributed by atoms with E-state index in [0.717, 1.165) is 29.0 Å². The Labute approximate surface area is 159 Å². The quantitative estimate of drug-likeness (QED) is 0.580. The van der Waals surface area contributed by atoms with Gasteiger partial charge < -0.3 is 9.47 Å². The van der Waals surface area contributed by atoms with Gasteiger partial charge in [-0.25, -0.2) is 4.79 Å². The number of anilines is 1. The lowest BCUT2D eigenvalue weighted by molar-refractivity contribution is -0.143. The van der Waals surface area contributed by atoms with E-state index in [1.165, 1.54) is 18.1 Å². The number of carbonyl (C=O) groups is 2. The molecule has 0 radical (unpaired) electrons. The predicted molar refractivity (Wildman–Crippen MR) is 105 cm³/mol. The molecule has 1 amide bonds. The molecular weight excluding hydrogens is 342 g/mol. The fraction of sp³-hybridized carbons (Fsp3) is 0.273. The third kappa shape index (κ3) is 4.19. The van der Waals surface area contributed by atoms with Crippen LogP contribution in [0.1, 0.15) is 24.5 Å². The summed E-state index contributed by atoms with van der Waals surface area (Å²) in [6, 6.07) is 14.5. The Morgan fingerprint density at radius 2 is 1.89 bits per heavy atom. The van der Waals surface area contributed by atoms with Crippen molar-refractivity contribution in [3.05, 3.63) is 65.7 Å². The van der Waals surface area contributed by atoms with Crippen molar-refractivity contribution >= 4 is 23.6 Å². The van der Waals surface area contributed by atoms with Gasteiger partial charge in [-0.05, 0) is 41.8 Å². The molecule has 0 bridgehead atoms. The highest BCUT2D eigenvalue weighted by molar-refractivity contribution is 6.09. The minimum absolute atomic E-state index is 0.248. The molecular formula is C22H23NO4. The summed E-state index contributed by atoms with van der Waals surface area (Å²) in [4.78, 5) is 26.5. The van der Waals surface area contributed by atoms with Crippen LogP contribution in [0.4, 0.5) is 5.69 Å². The van der Waals surface area contributed by atoms with Crippen LogP contribution in [0.5, 0.6) is 5.75 Å². The lowest BCUT2D eigenvalue weighted by Crippen LogP contribution is -2.42. The Balaban J connectivity index is 1.77. The third-order valence-corrected chi connectivity index (χ3v) is 4.46. The third-order valence-electron chi connectivity index (χ3n) is 4.46. The van der Waals surface area contributed by atoms with Crippen LogP contribution < -0.4 is 9.64 Å². The monoisotopic (exact) mass is 365 g/mol. The molecule has 1 atom stereocenters. The molecule has 140 valence electrons. The van der Waals surface area contributed by atoms with Crippen LogP contribution in [0.3, 0.4) is 0 Å². The van der Waals surface area contributed by atoms with Crippen molar-refractivity contribution < 1.29 is 19.1 Å². The number of para-hydroxylation sites is 1. The fourth-order valence-corrected chi connectivity index (χ4v) is 3.13. The topological polar surface area (TPSA) is 55.8 Å². The smallest absolute Gasteiger partial charge is 0.329 e. The molecule has 0 spiro atoms. The molecule has 5 nitrogen and oxygen atoms in total. The van der Waals surface area contributed by atoms with Gasteiger partial charge >= 0.3 is 5.97 Å². The molecule has 0 saturated heterocycles. The summed E-state index contributed by atoms with van der Waals surface area (Å²) in [6.45, 7) is 2.73. The van der Waals surface area contributed by atoms with Crippen LogP contribution >= 0.6 is 0 Å². The SMILES string of the molecule is CCCOc1ccc(/C=C/C(=O)N2c3ccccc3CC2C(=O)OC)cc1. The average molecular weight is 365 g/mol. The summed E-state index contributed by atoms with van der Waals surface area (Å²) in [5.41, 5.74) is 2.60. The van der Waals surface area contributed by atoms with Gasteiger partial charge in [0.25, 0.3) is 5.91 Å². The van der Waals surface area contributed by atoms with Crippen LogP contribution in [0.15, 0.2) is 54.6 Å². The first-order valence-electron chi connectivity index (χ1n) is 9.04. The summed E-state index contributed by atoms with van der Waals surface area (Å²) in [6.07, 6.45) is 4.64. The summed E-state index contributed by atoms with van der Waals surface area (Å²) in [7, 11) is 1.34. The maximum absolute atomic E-state index is 12.8. The molecule has 3 rings (SSSR count). The zero-order chi connectivity index (χ0) is 19.2. The second-order valence-corrected chi connectivity index (χ2v) is 6.33. The van der Waals surface area contributed by atoms with E-state index in [9.17, 15) is 9.59 Å². The molecule has 0 fully saturated rings. The van der Waals surface area contributed by atoms with Gasteiger partial charge in [-0.15, -0.1) is 0 Å². The van der Waals surface area contributed by atoms with Gasteiger partial charge in [-0.1, -0.05) is 37.3 Å². The van der Waals surface area contributed by atoms with Crippen LogP contribution in [-0.4, -0.2) is 31.6 Å². The summed E-state index contributed by atoms with van der Waals surface area (Å²) < 4.78 is 10.4. The lowest BCUT2D eigenvalue weighted by Gasteiger charge is -2.22. The van der Waals surface area contributed by atoms with Crippen molar-refractivity contribution in [2.75, 3.05) is 18.6 Å². The number of carbonyl (C=O) groups excluding carboxylic acids is 2. The highest BCUT2D eigenvalue weighted by Crippen LogP contribution is 2.32. The van der Waals surface area contributed by atoms with E-state index in [1.807, 2.05) is 48.5 Å². The zero-order valence-electron chi connectivity index (χ0n) is 15.6. The van der Waals surface area contributed by atoms with Crippen molar-refractivity contribution in [2.45, 2.75) is 25.8 Å². The van der Waals surface area contributed by atoms with Crippen LogP contribution in [0.2, 0.25) is 0 Å². The summed E-state index contributed by atoms with van der Waals surface area (Å²) in [5, 5.41) is 0. The van der Waals surface area contributed by atoms with E-state index in [-0.39, 0.29) is 5.91 Å². The minimum atomic E-state index is -0.630. The van der Waals surface area contributed by atoms with Gasteiger partial charge in [0.15, 0.2) is 0 Å². The molecule has 0 saturated carbocycles. The van der Waals surface area contributed by atoms with Gasteiger partial charge in [0.05, 0.1) is 13.7 Å². The Morgan fingerprint density at radius 1 is 1.15 bits per heavy atom. The Morgan fingerprint density at radius 3 is 2.59 bits per heavy atom. The summed E-state index contributed by atoms with van der Waals surface area (Å²) in [5.74, 6) is 0.145. The van der Waals surface area contributed by atoms with E-state index >= 15 is 0 Å². The second-order valence-electron chi connectivity index (χ2n) is 6.33. The van der Waals surface area contributed by atoms with Gasteiger partial charge in [-0.2, -0.15) is 0 Å². The van der Waals surface area contributed by atoms with Crippen molar-refractivity contribution in [3.63, 3.8) is 0 Å². The van der Waals surface area contributed by atoms with Crippen LogP contribution in [0.25, 0.3) is 6.08 Å². The molecule has 0 aliphatic carbocycles. The van der Waals surface area contributed by atoms with Crippen molar-refractivity contribution in [3.8, 4) is 5.75 Å². The molecule has 1 unspecified atom stereocenters. The first kappa shape index (κ1) is 18.7. The second kappa shape index (κ2) is 8.54. The first-order valence-corrected chi connectivity index (χ1v) is 9.04. The van der Waals surface area contributed by atoms with E-state index in [4.69, 9.17) is 9.47 Å². The number of hydrogen-bond donors (Lipinski definition) is 0. The Hall–Kier alpha value is -3.08. The first-order chi connectivity index (χ1) is 13.1. The number of benzene rings is 2. The molecule has 27 heavy (non-hydrogen) atoms. The van der Waals surface area contributed by atoms with Crippen LogP contribution in [-0.2, 0) is 20.7 Å². The van der Waals surface area contributed by atoms with E-state index in [1.54, 1.807) is 6.08 Å². The highest BCUT2D eigenvalue weighted by atomic mass is 16.5. The number of nitrogens with zero attached hydrogens (tertiary/aromatic N) is 1. The number of amides is 1. The fourth-order valence-electron chi connectivity index (χ4n) is 3.13. The number of ether oxygens (including phenoxy) is 2. The number of rotatable bonds is 6. The lowest BCUT2D eigenvalue weighted by atomic mass is 10.1. The summed E-state index contributed by atoms with van der Waals surface area (Å²) >= 11 is 0. The Kier molecular flexibility index (Phi) is 5.91. The Bertz CT molecular complexity index is 842. The van der Waals surface area contributed by atoms with Gasteiger partial charge in [0.1, 0.15) is 11.8 Å².